The number of hydrogen-bond acceptors (Lipinski definition) is 4. The van der Waals surface area contributed by atoms with E-state index in [1.807, 2.05) is 43.0 Å². The molecule has 6 heteroatoms. The number of amides is 2. The Labute approximate surface area is 142 Å². The van der Waals surface area contributed by atoms with Gasteiger partial charge >= 0.3 is 0 Å². The Balaban J connectivity index is 2.06. The maximum absolute atomic E-state index is 12.2. The molecule has 0 bridgehead atoms. The molecular formula is C18H24N2O4. The van der Waals surface area contributed by atoms with Gasteiger partial charge in [0, 0.05) is 24.1 Å². The van der Waals surface area contributed by atoms with E-state index in [9.17, 15) is 9.59 Å². The number of rotatable bonds is 5. The number of piperidine rings is 1. The average Bonchev–Trinajstić information content (AvgIpc) is 2.60. The molecule has 1 aliphatic heterocycles. The third-order valence-corrected chi connectivity index (χ3v) is 3.92. The summed E-state index contributed by atoms with van der Waals surface area (Å²) in [4.78, 5) is 25.2. The Bertz CT molecular complexity index is 613. The zero-order valence-electron chi connectivity index (χ0n) is 14.1. The summed E-state index contributed by atoms with van der Waals surface area (Å²) in [5.74, 6) is 0.187. The van der Waals surface area contributed by atoms with Crippen LogP contribution in [0.5, 0.6) is 5.75 Å². The van der Waals surface area contributed by atoms with Crippen molar-refractivity contribution < 1.29 is 19.5 Å². The smallest absolute Gasteiger partial charge is 0.267 e. The summed E-state index contributed by atoms with van der Waals surface area (Å²) in [5.41, 5.74) is 2.30. The molecule has 1 fully saturated rings. The first-order chi connectivity index (χ1) is 11.5. The van der Waals surface area contributed by atoms with Crippen LogP contribution in [0.4, 0.5) is 0 Å². The molecule has 0 aromatic heterocycles. The molecule has 24 heavy (non-hydrogen) atoms. The molecule has 2 amide bonds. The standard InChI is InChI=1S/C18H24N2O4/c1-13(2)18(22)20-11-5-7-15(12-20)24-16-8-4-3-6-14(16)9-10-17(21)19-23/h3-4,6,8-10,13,15,23H,5,7,11-12H2,1-2H3,(H,19,21)/t15-/m0/s1. The first kappa shape index (κ1) is 18.0. The molecule has 1 aromatic carbocycles. The quantitative estimate of drug-likeness (QED) is 0.492. The van der Waals surface area contributed by atoms with E-state index in [1.54, 1.807) is 11.6 Å². The van der Waals surface area contributed by atoms with Gasteiger partial charge in [-0.3, -0.25) is 14.8 Å². The summed E-state index contributed by atoms with van der Waals surface area (Å²) < 4.78 is 6.07. The summed E-state index contributed by atoms with van der Waals surface area (Å²) in [7, 11) is 0. The highest BCUT2D eigenvalue weighted by atomic mass is 16.5. The summed E-state index contributed by atoms with van der Waals surface area (Å²) in [6.45, 7) is 5.15. The van der Waals surface area contributed by atoms with Gasteiger partial charge in [0.15, 0.2) is 0 Å². The van der Waals surface area contributed by atoms with Gasteiger partial charge in [-0.1, -0.05) is 32.0 Å². The van der Waals surface area contributed by atoms with Crippen molar-refractivity contribution in [2.24, 2.45) is 5.92 Å². The van der Waals surface area contributed by atoms with Crippen molar-refractivity contribution >= 4 is 17.9 Å². The van der Waals surface area contributed by atoms with E-state index in [0.29, 0.717) is 12.3 Å². The second-order valence-electron chi connectivity index (χ2n) is 6.17. The summed E-state index contributed by atoms with van der Waals surface area (Å²) in [5, 5.41) is 8.55. The predicted molar refractivity (Wildman–Crippen MR) is 90.5 cm³/mol. The van der Waals surface area contributed by atoms with Gasteiger partial charge in [-0.15, -0.1) is 0 Å². The number of nitrogens with one attached hydrogen (secondary N) is 1. The van der Waals surface area contributed by atoms with Gasteiger partial charge < -0.3 is 9.64 Å². The van der Waals surface area contributed by atoms with E-state index in [4.69, 9.17) is 9.94 Å². The second kappa shape index (κ2) is 8.49. The van der Waals surface area contributed by atoms with Crippen molar-refractivity contribution in [3.8, 4) is 5.75 Å². The zero-order chi connectivity index (χ0) is 17.5. The summed E-state index contributed by atoms with van der Waals surface area (Å²) in [6.07, 6.45) is 4.55. The topological polar surface area (TPSA) is 78.9 Å². The molecule has 1 atom stereocenters. The van der Waals surface area contributed by atoms with Crippen molar-refractivity contribution in [3.63, 3.8) is 0 Å². The average molecular weight is 332 g/mol. The van der Waals surface area contributed by atoms with Crippen molar-refractivity contribution in [2.75, 3.05) is 13.1 Å². The van der Waals surface area contributed by atoms with Crippen molar-refractivity contribution in [1.82, 2.24) is 10.4 Å². The van der Waals surface area contributed by atoms with Crippen LogP contribution in [-0.2, 0) is 9.59 Å². The number of benzene rings is 1. The van der Waals surface area contributed by atoms with Crippen molar-refractivity contribution in [1.29, 1.82) is 0 Å². The van der Waals surface area contributed by atoms with Gasteiger partial charge in [0.2, 0.25) is 5.91 Å². The molecule has 130 valence electrons. The zero-order valence-corrected chi connectivity index (χ0v) is 14.1. The molecule has 1 aromatic rings. The Hall–Kier alpha value is -2.34. The highest BCUT2D eigenvalue weighted by Crippen LogP contribution is 2.24. The molecule has 2 rings (SSSR count). The van der Waals surface area contributed by atoms with E-state index >= 15 is 0 Å². The fourth-order valence-corrected chi connectivity index (χ4v) is 2.71. The molecule has 0 spiro atoms. The first-order valence-electron chi connectivity index (χ1n) is 8.18. The van der Waals surface area contributed by atoms with Crippen LogP contribution in [0.15, 0.2) is 30.3 Å². The minimum Gasteiger partial charge on any atom is -0.488 e. The lowest BCUT2D eigenvalue weighted by molar-refractivity contribution is -0.137. The van der Waals surface area contributed by atoms with Crippen LogP contribution in [0.2, 0.25) is 0 Å². The molecular weight excluding hydrogens is 308 g/mol. The third kappa shape index (κ3) is 4.83. The lowest BCUT2D eigenvalue weighted by Crippen LogP contribution is -2.45. The maximum atomic E-state index is 12.2. The van der Waals surface area contributed by atoms with Gasteiger partial charge in [0.05, 0.1) is 6.54 Å². The van der Waals surface area contributed by atoms with E-state index in [-0.39, 0.29) is 17.9 Å². The molecule has 1 heterocycles. The molecule has 0 aliphatic carbocycles. The molecule has 0 radical (unpaired) electrons. The van der Waals surface area contributed by atoms with Crippen LogP contribution in [0.3, 0.4) is 0 Å². The number of carbonyl (C=O) groups excluding carboxylic acids is 2. The number of ether oxygens (including phenoxy) is 1. The third-order valence-electron chi connectivity index (χ3n) is 3.92. The van der Waals surface area contributed by atoms with Gasteiger partial charge in [0.1, 0.15) is 11.9 Å². The summed E-state index contributed by atoms with van der Waals surface area (Å²) >= 11 is 0. The van der Waals surface area contributed by atoms with Crippen molar-refractivity contribution in [2.45, 2.75) is 32.8 Å². The van der Waals surface area contributed by atoms with Gasteiger partial charge in [-0.2, -0.15) is 0 Å². The van der Waals surface area contributed by atoms with Crippen LogP contribution in [-0.4, -0.2) is 41.1 Å². The number of likely N-dealkylation sites (tertiary alicyclic amines) is 1. The number of hydroxylamine groups is 1. The van der Waals surface area contributed by atoms with Crippen LogP contribution >= 0.6 is 0 Å². The van der Waals surface area contributed by atoms with E-state index in [2.05, 4.69) is 0 Å². The number of hydrogen-bond donors (Lipinski definition) is 2. The minimum absolute atomic E-state index is 0.0176. The van der Waals surface area contributed by atoms with Gasteiger partial charge in [0.25, 0.3) is 5.91 Å². The van der Waals surface area contributed by atoms with Crippen LogP contribution in [0.1, 0.15) is 32.3 Å². The Morgan fingerprint density at radius 1 is 1.38 bits per heavy atom. The van der Waals surface area contributed by atoms with Gasteiger partial charge in [-0.25, -0.2) is 5.48 Å². The Kier molecular flexibility index (Phi) is 6.37. The fraction of sp³-hybridized carbons (Fsp3) is 0.444. The highest BCUT2D eigenvalue weighted by Gasteiger charge is 2.26. The SMILES string of the molecule is CC(C)C(=O)N1CCC[C@H](Oc2ccccc2C=CC(=O)NO)C1. The molecule has 0 unspecified atom stereocenters. The largest absolute Gasteiger partial charge is 0.488 e. The van der Waals surface area contributed by atoms with Gasteiger partial charge in [-0.05, 0) is 25.0 Å². The molecule has 6 nitrogen and oxygen atoms in total. The Morgan fingerprint density at radius 3 is 2.83 bits per heavy atom. The van der Waals surface area contributed by atoms with E-state index < -0.39 is 5.91 Å². The molecule has 0 saturated carbocycles. The number of carbonyl (C=O) groups is 2. The second-order valence-corrected chi connectivity index (χ2v) is 6.17. The van der Waals surface area contributed by atoms with E-state index in [1.165, 1.54) is 6.08 Å². The maximum Gasteiger partial charge on any atom is 0.267 e. The minimum atomic E-state index is -0.601. The predicted octanol–water partition coefficient (Wildman–Crippen LogP) is 2.23. The summed E-state index contributed by atoms with van der Waals surface area (Å²) in [6, 6.07) is 7.37. The number of para-hydroxylation sites is 1. The molecule has 1 saturated heterocycles. The monoisotopic (exact) mass is 332 g/mol. The molecule has 1 aliphatic rings. The highest BCUT2D eigenvalue weighted by molar-refractivity contribution is 5.91. The fourth-order valence-electron chi connectivity index (χ4n) is 2.71. The lowest BCUT2D eigenvalue weighted by atomic mass is 10.1. The van der Waals surface area contributed by atoms with Crippen LogP contribution in [0, 0.1) is 5.92 Å². The normalized spacial score (nSPS) is 18.0. The lowest BCUT2D eigenvalue weighted by Gasteiger charge is -2.34. The van der Waals surface area contributed by atoms with Crippen LogP contribution < -0.4 is 10.2 Å². The Morgan fingerprint density at radius 2 is 2.12 bits per heavy atom. The van der Waals surface area contributed by atoms with Crippen molar-refractivity contribution in [3.05, 3.63) is 35.9 Å². The molecule has 2 N–H and O–H groups in total. The number of nitrogens with zero attached hydrogens (tertiary/aromatic N) is 1. The first-order valence-corrected chi connectivity index (χ1v) is 8.18. The van der Waals surface area contributed by atoms with E-state index in [0.717, 1.165) is 24.9 Å². The van der Waals surface area contributed by atoms with Crippen LogP contribution in [0.25, 0.3) is 6.08 Å².